The number of anilines is 1. The van der Waals surface area contributed by atoms with Crippen LogP contribution in [0.2, 0.25) is 0 Å². The number of aromatic nitrogens is 1. The molecule has 5 nitrogen and oxygen atoms in total. The summed E-state index contributed by atoms with van der Waals surface area (Å²) >= 11 is 1.35. The quantitative estimate of drug-likeness (QED) is 0.733. The lowest BCUT2D eigenvalue weighted by Crippen LogP contribution is -2.12. The second kappa shape index (κ2) is 7.01. The van der Waals surface area contributed by atoms with Crippen molar-refractivity contribution in [1.82, 2.24) is 4.98 Å². The molecule has 2 aromatic carbocycles. The van der Waals surface area contributed by atoms with Crippen LogP contribution in [0.4, 0.5) is 5.13 Å². The Balaban J connectivity index is 1.79. The number of amides is 1. The SMILES string of the molecule is Cc1ccc(C)c(-c2csc(NC(=O)c3ccc(S(C)(=O)=O)cc3)n2)c1. The molecule has 1 aromatic heterocycles. The van der Waals surface area contributed by atoms with Crippen LogP contribution in [0.15, 0.2) is 52.7 Å². The monoisotopic (exact) mass is 386 g/mol. The van der Waals surface area contributed by atoms with Gasteiger partial charge >= 0.3 is 0 Å². The third-order valence-electron chi connectivity index (χ3n) is 3.94. The predicted octanol–water partition coefficient (Wildman–Crippen LogP) is 4.08. The average molecular weight is 386 g/mol. The molecule has 1 N–H and O–H groups in total. The highest BCUT2D eigenvalue weighted by molar-refractivity contribution is 7.90. The van der Waals surface area contributed by atoms with Crippen LogP contribution in [0.5, 0.6) is 0 Å². The minimum atomic E-state index is -3.28. The molecule has 0 radical (unpaired) electrons. The van der Waals surface area contributed by atoms with Gasteiger partial charge in [0.1, 0.15) is 0 Å². The molecule has 7 heteroatoms. The molecule has 0 aliphatic carbocycles. The first-order valence-electron chi connectivity index (χ1n) is 7.88. The number of nitrogens with zero attached hydrogens (tertiary/aromatic N) is 1. The molecule has 3 aromatic rings. The molecule has 3 rings (SSSR count). The average Bonchev–Trinajstić information content (AvgIpc) is 3.04. The van der Waals surface area contributed by atoms with Crippen LogP contribution in [0.1, 0.15) is 21.5 Å². The maximum Gasteiger partial charge on any atom is 0.257 e. The molecule has 0 aliphatic rings. The molecule has 134 valence electrons. The van der Waals surface area contributed by atoms with Crippen molar-refractivity contribution in [2.45, 2.75) is 18.7 Å². The van der Waals surface area contributed by atoms with E-state index in [2.05, 4.69) is 16.4 Å². The summed E-state index contributed by atoms with van der Waals surface area (Å²) in [5.41, 5.74) is 4.50. The minimum absolute atomic E-state index is 0.181. The zero-order chi connectivity index (χ0) is 18.9. The van der Waals surface area contributed by atoms with Gasteiger partial charge in [0, 0.05) is 22.8 Å². The highest BCUT2D eigenvalue weighted by Crippen LogP contribution is 2.28. The van der Waals surface area contributed by atoms with Gasteiger partial charge in [0.25, 0.3) is 5.91 Å². The lowest BCUT2D eigenvalue weighted by molar-refractivity contribution is 0.102. The number of aryl methyl sites for hydroxylation is 2. The van der Waals surface area contributed by atoms with Crippen molar-refractivity contribution in [2.24, 2.45) is 0 Å². The summed E-state index contributed by atoms with van der Waals surface area (Å²) in [5.74, 6) is -0.327. The Hall–Kier alpha value is -2.51. The number of sulfone groups is 1. The van der Waals surface area contributed by atoms with Crippen molar-refractivity contribution < 1.29 is 13.2 Å². The normalized spacial score (nSPS) is 11.3. The van der Waals surface area contributed by atoms with Gasteiger partial charge in [-0.1, -0.05) is 17.7 Å². The summed E-state index contributed by atoms with van der Waals surface area (Å²) in [6.07, 6.45) is 1.13. The molecule has 0 saturated carbocycles. The van der Waals surface area contributed by atoms with E-state index in [9.17, 15) is 13.2 Å². The summed E-state index contributed by atoms with van der Waals surface area (Å²) in [5, 5.41) is 5.16. The molecule has 1 amide bonds. The van der Waals surface area contributed by atoms with Crippen LogP contribution < -0.4 is 5.32 Å². The van der Waals surface area contributed by atoms with E-state index < -0.39 is 9.84 Å². The maximum absolute atomic E-state index is 12.3. The van der Waals surface area contributed by atoms with E-state index in [1.807, 2.05) is 31.4 Å². The fourth-order valence-corrected chi connectivity index (χ4v) is 3.83. The van der Waals surface area contributed by atoms with Gasteiger partial charge in [-0.15, -0.1) is 11.3 Å². The fraction of sp³-hybridized carbons (Fsp3) is 0.158. The Bertz CT molecular complexity index is 1070. The van der Waals surface area contributed by atoms with E-state index in [1.165, 1.54) is 35.6 Å². The molecular formula is C19H18N2O3S2. The Morgan fingerprint density at radius 1 is 1.08 bits per heavy atom. The minimum Gasteiger partial charge on any atom is -0.298 e. The van der Waals surface area contributed by atoms with Crippen LogP contribution in [-0.4, -0.2) is 25.6 Å². The third-order valence-corrected chi connectivity index (χ3v) is 5.82. The second-order valence-corrected chi connectivity index (χ2v) is 8.98. The first-order valence-corrected chi connectivity index (χ1v) is 10.7. The number of hydrogen-bond donors (Lipinski definition) is 1. The molecule has 0 unspecified atom stereocenters. The molecule has 1 heterocycles. The maximum atomic E-state index is 12.3. The summed E-state index contributed by atoms with van der Waals surface area (Å²) in [7, 11) is -3.28. The molecule has 0 saturated heterocycles. The highest BCUT2D eigenvalue weighted by Gasteiger charge is 2.13. The first kappa shape index (κ1) is 18.3. The Morgan fingerprint density at radius 3 is 2.42 bits per heavy atom. The van der Waals surface area contributed by atoms with Gasteiger partial charge in [-0.25, -0.2) is 13.4 Å². The van der Waals surface area contributed by atoms with Gasteiger partial charge in [0.2, 0.25) is 0 Å². The van der Waals surface area contributed by atoms with Crippen molar-refractivity contribution in [1.29, 1.82) is 0 Å². The third kappa shape index (κ3) is 4.00. The lowest BCUT2D eigenvalue weighted by atomic mass is 10.0. The molecule has 0 spiro atoms. The van der Waals surface area contributed by atoms with Crippen LogP contribution in [0, 0.1) is 13.8 Å². The van der Waals surface area contributed by atoms with E-state index in [0.29, 0.717) is 10.7 Å². The van der Waals surface area contributed by atoms with Gasteiger partial charge in [0.05, 0.1) is 10.6 Å². The van der Waals surface area contributed by atoms with E-state index in [4.69, 9.17) is 0 Å². The Morgan fingerprint density at radius 2 is 1.77 bits per heavy atom. The summed E-state index contributed by atoms with van der Waals surface area (Å²) in [6, 6.07) is 12.0. The summed E-state index contributed by atoms with van der Waals surface area (Å²) < 4.78 is 23.0. The predicted molar refractivity (Wildman–Crippen MR) is 105 cm³/mol. The van der Waals surface area contributed by atoms with Gasteiger partial charge < -0.3 is 0 Å². The number of nitrogens with one attached hydrogen (secondary N) is 1. The van der Waals surface area contributed by atoms with Gasteiger partial charge in [0.15, 0.2) is 15.0 Å². The molecule has 0 bridgehead atoms. The van der Waals surface area contributed by atoms with Crippen molar-refractivity contribution in [3.05, 3.63) is 64.5 Å². The van der Waals surface area contributed by atoms with Crippen LogP contribution in [0.25, 0.3) is 11.3 Å². The van der Waals surface area contributed by atoms with E-state index in [0.717, 1.165) is 28.6 Å². The lowest BCUT2D eigenvalue weighted by Gasteiger charge is -2.04. The Labute approximate surface area is 156 Å². The van der Waals surface area contributed by atoms with Crippen molar-refractivity contribution in [2.75, 3.05) is 11.6 Å². The first-order chi connectivity index (χ1) is 12.2. The van der Waals surface area contributed by atoms with Crippen LogP contribution in [0.3, 0.4) is 0 Å². The topological polar surface area (TPSA) is 76.1 Å². The van der Waals surface area contributed by atoms with Crippen molar-refractivity contribution in [3.8, 4) is 11.3 Å². The number of hydrogen-bond acceptors (Lipinski definition) is 5. The smallest absolute Gasteiger partial charge is 0.257 e. The fourth-order valence-electron chi connectivity index (χ4n) is 2.49. The van der Waals surface area contributed by atoms with E-state index >= 15 is 0 Å². The van der Waals surface area contributed by atoms with E-state index in [1.54, 1.807) is 0 Å². The van der Waals surface area contributed by atoms with Crippen LogP contribution in [-0.2, 0) is 9.84 Å². The van der Waals surface area contributed by atoms with Crippen LogP contribution >= 0.6 is 11.3 Å². The highest BCUT2D eigenvalue weighted by atomic mass is 32.2. The number of benzene rings is 2. The molecule has 26 heavy (non-hydrogen) atoms. The number of thiazole rings is 1. The molecule has 0 aliphatic heterocycles. The summed E-state index contributed by atoms with van der Waals surface area (Å²) in [6.45, 7) is 4.05. The summed E-state index contributed by atoms with van der Waals surface area (Å²) in [4.78, 5) is 17.0. The second-order valence-electron chi connectivity index (χ2n) is 6.11. The zero-order valence-corrected chi connectivity index (χ0v) is 16.2. The number of rotatable bonds is 4. The van der Waals surface area contributed by atoms with Crippen molar-refractivity contribution in [3.63, 3.8) is 0 Å². The largest absolute Gasteiger partial charge is 0.298 e. The Kier molecular flexibility index (Phi) is 4.93. The standard InChI is InChI=1S/C19H18N2O3S2/c1-12-4-5-13(2)16(10-12)17-11-25-19(20-17)21-18(22)14-6-8-15(9-7-14)26(3,23)24/h4-11H,1-3H3,(H,20,21,22). The zero-order valence-electron chi connectivity index (χ0n) is 14.6. The van der Waals surface area contributed by atoms with Gasteiger partial charge in [-0.05, 0) is 49.7 Å². The van der Waals surface area contributed by atoms with Gasteiger partial charge in [-0.3, -0.25) is 10.1 Å². The van der Waals surface area contributed by atoms with E-state index in [-0.39, 0.29) is 10.8 Å². The number of carbonyl (C=O) groups excluding carboxylic acids is 1. The van der Waals surface area contributed by atoms with Crippen molar-refractivity contribution >= 4 is 32.2 Å². The molecule has 0 fully saturated rings. The van der Waals surface area contributed by atoms with Gasteiger partial charge in [-0.2, -0.15) is 0 Å². The molecular weight excluding hydrogens is 368 g/mol. The molecule has 0 atom stereocenters. The number of carbonyl (C=O) groups is 1.